The van der Waals surface area contributed by atoms with Gasteiger partial charge in [-0.2, -0.15) is 0 Å². The van der Waals surface area contributed by atoms with Gasteiger partial charge in [-0.05, 0) is 49.5 Å². The summed E-state index contributed by atoms with van der Waals surface area (Å²) in [6.07, 6.45) is 4.77. The van der Waals surface area contributed by atoms with E-state index in [1.54, 1.807) is 0 Å². The number of benzene rings is 1. The van der Waals surface area contributed by atoms with Crippen LogP contribution >= 0.6 is 11.6 Å². The SMILES string of the molecule is CC(C(=O)NCC1(c2ccc(Cl)cc2)CCCC1)C1CNC1. The third-order valence-corrected chi connectivity index (χ3v) is 5.80. The second kappa shape index (κ2) is 6.59. The van der Waals surface area contributed by atoms with E-state index in [1.807, 2.05) is 19.1 Å². The molecule has 2 fully saturated rings. The Hall–Kier alpha value is -1.06. The Morgan fingerprint density at radius 1 is 1.32 bits per heavy atom. The highest BCUT2D eigenvalue weighted by Gasteiger charge is 2.37. The van der Waals surface area contributed by atoms with Gasteiger partial charge in [0, 0.05) is 22.9 Å². The van der Waals surface area contributed by atoms with E-state index in [2.05, 4.69) is 22.8 Å². The van der Waals surface area contributed by atoms with Crippen molar-refractivity contribution in [1.29, 1.82) is 0 Å². The molecule has 1 amide bonds. The van der Waals surface area contributed by atoms with Crippen LogP contribution in [0.1, 0.15) is 38.2 Å². The Bertz CT molecular complexity index is 518. The number of hydrogen-bond acceptors (Lipinski definition) is 2. The first kappa shape index (κ1) is 15.8. The highest BCUT2D eigenvalue weighted by molar-refractivity contribution is 6.30. The van der Waals surface area contributed by atoms with Crippen molar-refractivity contribution in [2.45, 2.75) is 38.0 Å². The molecule has 120 valence electrons. The van der Waals surface area contributed by atoms with Crippen LogP contribution in [0.2, 0.25) is 5.02 Å². The number of rotatable bonds is 5. The first-order chi connectivity index (χ1) is 10.6. The Morgan fingerprint density at radius 3 is 2.50 bits per heavy atom. The van der Waals surface area contributed by atoms with Crippen molar-refractivity contribution in [1.82, 2.24) is 10.6 Å². The van der Waals surface area contributed by atoms with Gasteiger partial charge in [0.05, 0.1) is 0 Å². The van der Waals surface area contributed by atoms with Gasteiger partial charge in [0.2, 0.25) is 5.91 Å². The summed E-state index contributed by atoms with van der Waals surface area (Å²) in [5, 5.41) is 7.24. The van der Waals surface area contributed by atoms with E-state index in [-0.39, 0.29) is 17.2 Å². The van der Waals surface area contributed by atoms with E-state index in [0.29, 0.717) is 5.92 Å². The maximum absolute atomic E-state index is 12.4. The lowest BCUT2D eigenvalue weighted by Gasteiger charge is -2.34. The first-order valence-corrected chi connectivity index (χ1v) is 8.73. The second-order valence-corrected chi connectivity index (χ2v) is 7.36. The summed E-state index contributed by atoms with van der Waals surface area (Å²) in [6.45, 7) is 4.73. The van der Waals surface area contributed by atoms with Crippen LogP contribution in [0.15, 0.2) is 24.3 Å². The number of nitrogens with one attached hydrogen (secondary N) is 2. The maximum Gasteiger partial charge on any atom is 0.223 e. The van der Waals surface area contributed by atoms with E-state index in [4.69, 9.17) is 11.6 Å². The molecule has 22 heavy (non-hydrogen) atoms. The van der Waals surface area contributed by atoms with Crippen molar-refractivity contribution >= 4 is 17.5 Å². The fourth-order valence-electron chi connectivity index (χ4n) is 3.72. The van der Waals surface area contributed by atoms with Crippen LogP contribution in [0.4, 0.5) is 0 Å². The Morgan fingerprint density at radius 2 is 1.95 bits per heavy atom. The number of amides is 1. The lowest BCUT2D eigenvalue weighted by atomic mass is 9.78. The predicted molar refractivity (Wildman–Crippen MR) is 90.1 cm³/mol. The quantitative estimate of drug-likeness (QED) is 0.875. The molecule has 0 radical (unpaired) electrons. The van der Waals surface area contributed by atoms with Crippen molar-refractivity contribution in [3.63, 3.8) is 0 Å². The minimum absolute atomic E-state index is 0.0951. The molecule has 1 saturated heterocycles. The van der Waals surface area contributed by atoms with Gasteiger partial charge in [0.25, 0.3) is 0 Å². The zero-order valence-electron chi connectivity index (χ0n) is 13.2. The predicted octanol–water partition coefficient (Wildman–Crippen LogP) is 3.12. The summed E-state index contributed by atoms with van der Waals surface area (Å²) in [6, 6.07) is 8.17. The van der Waals surface area contributed by atoms with Crippen molar-refractivity contribution in [2.75, 3.05) is 19.6 Å². The standard InChI is InChI=1S/C18H25ClN2O/c1-13(14-10-20-11-14)17(22)21-12-18(8-2-3-9-18)15-4-6-16(19)7-5-15/h4-7,13-14,20H,2-3,8-12H2,1H3,(H,21,22). The summed E-state index contributed by atoms with van der Waals surface area (Å²) in [4.78, 5) is 12.4. The molecule has 1 aromatic rings. The lowest BCUT2D eigenvalue weighted by molar-refractivity contribution is -0.127. The minimum atomic E-state index is 0.0951. The first-order valence-electron chi connectivity index (χ1n) is 8.35. The molecule has 0 aromatic heterocycles. The van der Waals surface area contributed by atoms with Crippen LogP contribution in [0.25, 0.3) is 0 Å². The van der Waals surface area contributed by atoms with E-state index in [9.17, 15) is 4.79 Å². The smallest absolute Gasteiger partial charge is 0.223 e. The minimum Gasteiger partial charge on any atom is -0.355 e. The van der Waals surface area contributed by atoms with Crippen molar-refractivity contribution in [3.05, 3.63) is 34.9 Å². The van der Waals surface area contributed by atoms with Crippen LogP contribution < -0.4 is 10.6 Å². The van der Waals surface area contributed by atoms with Gasteiger partial charge in [-0.1, -0.05) is 43.5 Å². The normalized spacial score (nSPS) is 22.1. The number of hydrogen-bond donors (Lipinski definition) is 2. The van der Waals surface area contributed by atoms with Crippen molar-refractivity contribution in [2.24, 2.45) is 11.8 Å². The van der Waals surface area contributed by atoms with Crippen LogP contribution in [0.5, 0.6) is 0 Å². The van der Waals surface area contributed by atoms with Gasteiger partial charge < -0.3 is 10.6 Å². The molecule has 3 nitrogen and oxygen atoms in total. The second-order valence-electron chi connectivity index (χ2n) is 6.92. The van der Waals surface area contributed by atoms with Gasteiger partial charge in [0.1, 0.15) is 0 Å². The molecule has 1 unspecified atom stereocenters. The molecule has 2 N–H and O–H groups in total. The third-order valence-electron chi connectivity index (χ3n) is 5.55. The average molecular weight is 321 g/mol. The molecule has 3 rings (SSSR count). The zero-order valence-corrected chi connectivity index (χ0v) is 14.0. The van der Waals surface area contributed by atoms with Crippen molar-refractivity contribution in [3.8, 4) is 0 Å². The highest BCUT2D eigenvalue weighted by Crippen LogP contribution is 2.41. The van der Waals surface area contributed by atoms with Crippen LogP contribution in [0, 0.1) is 11.8 Å². The molecule has 1 aliphatic carbocycles. The maximum atomic E-state index is 12.4. The number of carbonyl (C=O) groups excluding carboxylic acids is 1. The van der Waals surface area contributed by atoms with Crippen LogP contribution in [-0.4, -0.2) is 25.5 Å². The van der Waals surface area contributed by atoms with Gasteiger partial charge >= 0.3 is 0 Å². The number of carbonyl (C=O) groups is 1. The molecule has 1 saturated carbocycles. The third kappa shape index (κ3) is 3.16. The molecular formula is C18H25ClN2O. The summed E-state index contributed by atoms with van der Waals surface area (Å²) in [7, 11) is 0. The van der Waals surface area contributed by atoms with E-state index >= 15 is 0 Å². The molecule has 0 spiro atoms. The molecule has 1 aromatic carbocycles. The number of halogens is 1. The largest absolute Gasteiger partial charge is 0.355 e. The summed E-state index contributed by atoms with van der Waals surface area (Å²) < 4.78 is 0. The lowest BCUT2D eigenvalue weighted by Crippen LogP contribution is -2.51. The van der Waals surface area contributed by atoms with Crippen molar-refractivity contribution < 1.29 is 4.79 Å². The molecule has 0 bridgehead atoms. The topological polar surface area (TPSA) is 41.1 Å². The fraction of sp³-hybridized carbons (Fsp3) is 0.611. The Kier molecular flexibility index (Phi) is 4.74. The van der Waals surface area contributed by atoms with Gasteiger partial charge in [0.15, 0.2) is 0 Å². The average Bonchev–Trinajstić information content (AvgIpc) is 2.93. The summed E-state index contributed by atoms with van der Waals surface area (Å²) in [5.41, 5.74) is 1.41. The van der Waals surface area contributed by atoms with Gasteiger partial charge in [-0.15, -0.1) is 0 Å². The summed E-state index contributed by atoms with van der Waals surface area (Å²) in [5.74, 6) is 0.798. The van der Waals surface area contributed by atoms with Crippen LogP contribution in [-0.2, 0) is 10.2 Å². The zero-order chi connectivity index (χ0) is 15.6. The van der Waals surface area contributed by atoms with E-state index in [1.165, 1.54) is 18.4 Å². The summed E-state index contributed by atoms with van der Waals surface area (Å²) >= 11 is 6.01. The molecule has 1 atom stereocenters. The molecule has 2 aliphatic rings. The van der Waals surface area contributed by atoms with E-state index in [0.717, 1.165) is 37.5 Å². The molecule has 4 heteroatoms. The van der Waals surface area contributed by atoms with Crippen LogP contribution in [0.3, 0.4) is 0 Å². The van der Waals surface area contributed by atoms with Gasteiger partial charge in [-0.3, -0.25) is 4.79 Å². The Labute approximate surface area is 137 Å². The molecule has 1 heterocycles. The fourth-order valence-corrected chi connectivity index (χ4v) is 3.84. The monoisotopic (exact) mass is 320 g/mol. The Balaban J connectivity index is 1.66. The molecule has 1 aliphatic heterocycles. The van der Waals surface area contributed by atoms with E-state index < -0.39 is 0 Å². The van der Waals surface area contributed by atoms with Gasteiger partial charge in [-0.25, -0.2) is 0 Å². The molecular weight excluding hydrogens is 296 g/mol. The highest BCUT2D eigenvalue weighted by atomic mass is 35.5.